The molecule has 4 rings (SSSR count). The third-order valence-electron chi connectivity index (χ3n) is 6.39. The van der Waals surface area contributed by atoms with Crippen molar-refractivity contribution in [3.63, 3.8) is 0 Å². The summed E-state index contributed by atoms with van der Waals surface area (Å²) in [6, 6.07) is 13.7. The van der Waals surface area contributed by atoms with Crippen LogP contribution < -0.4 is 30.3 Å². The molecule has 0 saturated carbocycles. The van der Waals surface area contributed by atoms with E-state index in [-0.39, 0.29) is 36.9 Å². The lowest BCUT2D eigenvalue weighted by Gasteiger charge is -2.28. The standard InChI is InChI=1S/C31H29Cl3N4O7/c1-4-43-30(40)28-17(2)36-31(41)37-29(28)19-6-9-25(26(13-19)42-3)45-16-27(39)38-35-14-20-12-21(32)7-10-24(20)44-15-18-5-8-22(33)23(34)11-18/h5-14,29H,4,15-16H2,1-3H3,(H,38,39)(H2,36,37,41)/b35-14+/t29-/m0/s1. The number of halogens is 3. The van der Waals surface area contributed by atoms with Crippen LogP contribution in [-0.4, -0.2) is 44.4 Å². The van der Waals surface area contributed by atoms with Crippen molar-refractivity contribution >= 4 is 58.9 Å². The first kappa shape index (κ1) is 33.4. The first-order valence-electron chi connectivity index (χ1n) is 13.5. The molecular formula is C31H29Cl3N4O7. The van der Waals surface area contributed by atoms with Gasteiger partial charge in [0.1, 0.15) is 12.4 Å². The SMILES string of the molecule is CCOC(=O)C1=C(C)NC(=O)N[C@H]1c1ccc(OCC(=O)N/N=C/c2cc(Cl)ccc2OCc2ccc(Cl)c(Cl)c2)c(OC)c1. The Morgan fingerprint density at radius 3 is 2.49 bits per heavy atom. The number of amides is 3. The number of hydrogen-bond donors (Lipinski definition) is 3. The third-order valence-corrected chi connectivity index (χ3v) is 7.36. The van der Waals surface area contributed by atoms with Crippen molar-refractivity contribution in [3.05, 3.63) is 97.6 Å². The lowest BCUT2D eigenvalue weighted by molar-refractivity contribution is -0.139. The Labute approximate surface area is 274 Å². The summed E-state index contributed by atoms with van der Waals surface area (Å²) < 4.78 is 22.2. The maximum Gasteiger partial charge on any atom is 0.338 e. The molecule has 0 radical (unpaired) electrons. The topological polar surface area (TPSA) is 137 Å². The fourth-order valence-electron chi connectivity index (χ4n) is 4.30. The molecule has 1 atom stereocenters. The van der Waals surface area contributed by atoms with Gasteiger partial charge in [0.2, 0.25) is 0 Å². The molecule has 3 N–H and O–H groups in total. The van der Waals surface area contributed by atoms with E-state index in [1.165, 1.54) is 13.3 Å². The van der Waals surface area contributed by atoms with Gasteiger partial charge in [0.05, 0.1) is 41.6 Å². The van der Waals surface area contributed by atoms with Crippen molar-refractivity contribution in [1.29, 1.82) is 0 Å². The van der Waals surface area contributed by atoms with Gasteiger partial charge in [0.15, 0.2) is 18.1 Å². The maximum absolute atomic E-state index is 12.6. The number of nitrogens with one attached hydrogen (secondary N) is 3. The zero-order valence-corrected chi connectivity index (χ0v) is 26.7. The minimum atomic E-state index is -0.789. The zero-order valence-electron chi connectivity index (χ0n) is 24.4. The van der Waals surface area contributed by atoms with E-state index in [2.05, 4.69) is 21.2 Å². The van der Waals surface area contributed by atoms with E-state index in [4.69, 9.17) is 53.8 Å². The van der Waals surface area contributed by atoms with Crippen LogP contribution in [0.25, 0.3) is 0 Å². The number of hydrogen-bond acceptors (Lipinski definition) is 8. The van der Waals surface area contributed by atoms with Gasteiger partial charge in [-0.1, -0.05) is 46.9 Å². The first-order chi connectivity index (χ1) is 21.6. The normalized spacial score (nSPS) is 14.4. The number of urea groups is 1. The number of methoxy groups -OCH3 is 1. The van der Waals surface area contributed by atoms with E-state index in [0.717, 1.165) is 5.56 Å². The number of nitrogens with zero attached hydrogens (tertiary/aromatic N) is 1. The molecule has 0 unspecified atom stereocenters. The van der Waals surface area contributed by atoms with Crippen LogP contribution in [0, 0.1) is 0 Å². The summed E-state index contributed by atoms with van der Waals surface area (Å²) in [7, 11) is 1.43. The van der Waals surface area contributed by atoms with Crippen molar-refractivity contribution in [2.24, 2.45) is 5.10 Å². The number of carbonyl (C=O) groups excluding carboxylic acids is 3. The summed E-state index contributed by atoms with van der Waals surface area (Å²) in [6.45, 7) is 3.31. The molecule has 3 aromatic carbocycles. The van der Waals surface area contributed by atoms with Gasteiger partial charge in [-0.15, -0.1) is 0 Å². The molecule has 1 aliphatic heterocycles. The fourth-order valence-corrected chi connectivity index (χ4v) is 4.80. The van der Waals surface area contributed by atoms with Gasteiger partial charge in [-0.3, -0.25) is 4.79 Å². The molecule has 3 amide bonds. The Kier molecular flexibility index (Phi) is 11.5. The van der Waals surface area contributed by atoms with Gasteiger partial charge < -0.3 is 29.6 Å². The summed E-state index contributed by atoms with van der Waals surface area (Å²) in [5.74, 6) is -0.101. The molecule has 1 aliphatic rings. The summed E-state index contributed by atoms with van der Waals surface area (Å²) >= 11 is 18.2. The fraction of sp³-hybridized carbons (Fsp3) is 0.226. The Morgan fingerprint density at radius 1 is 0.978 bits per heavy atom. The summed E-state index contributed by atoms with van der Waals surface area (Å²) in [5.41, 5.74) is 4.91. The summed E-state index contributed by atoms with van der Waals surface area (Å²) in [4.78, 5) is 37.3. The van der Waals surface area contributed by atoms with Crippen LogP contribution in [0.15, 0.2) is 71.0 Å². The molecule has 14 heteroatoms. The number of esters is 1. The second-order valence-electron chi connectivity index (χ2n) is 9.50. The highest BCUT2D eigenvalue weighted by Crippen LogP contribution is 2.34. The number of benzene rings is 3. The summed E-state index contributed by atoms with van der Waals surface area (Å²) in [5, 5.41) is 10.6. The number of rotatable bonds is 12. The number of carbonyl (C=O) groups is 3. The molecular weight excluding hydrogens is 647 g/mol. The number of allylic oxidation sites excluding steroid dienone is 1. The Bertz CT molecular complexity index is 1660. The Morgan fingerprint density at radius 2 is 1.76 bits per heavy atom. The smallest absolute Gasteiger partial charge is 0.338 e. The van der Waals surface area contributed by atoms with Crippen LogP contribution in [-0.2, 0) is 20.9 Å². The van der Waals surface area contributed by atoms with E-state index in [1.54, 1.807) is 68.4 Å². The van der Waals surface area contributed by atoms with E-state index in [9.17, 15) is 14.4 Å². The van der Waals surface area contributed by atoms with Gasteiger partial charge in [-0.05, 0) is 67.4 Å². The molecule has 0 saturated heterocycles. The van der Waals surface area contributed by atoms with Crippen LogP contribution in [0.5, 0.6) is 17.2 Å². The Hall–Kier alpha value is -4.45. The predicted octanol–water partition coefficient (Wildman–Crippen LogP) is 5.95. The predicted molar refractivity (Wildman–Crippen MR) is 170 cm³/mol. The zero-order chi connectivity index (χ0) is 32.5. The first-order valence-corrected chi connectivity index (χ1v) is 14.7. The van der Waals surface area contributed by atoms with Crippen molar-refractivity contribution in [2.45, 2.75) is 26.5 Å². The van der Waals surface area contributed by atoms with Crippen LogP contribution >= 0.6 is 34.8 Å². The molecule has 0 spiro atoms. The minimum absolute atomic E-state index is 0.173. The molecule has 11 nitrogen and oxygen atoms in total. The van der Waals surface area contributed by atoms with Gasteiger partial charge in [-0.25, -0.2) is 15.0 Å². The van der Waals surface area contributed by atoms with Crippen LogP contribution in [0.2, 0.25) is 15.1 Å². The van der Waals surface area contributed by atoms with Crippen molar-refractivity contribution in [3.8, 4) is 17.2 Å². The van der Waals surface area contributed by atoms with Crippen molar-refractivity contribution in [2.75, 3.05) is 20.3 Å². The average molecular weight is 676 g/mol. The monoisotopic (exact) mass is 674 g/mol. The quantitative estimate of drug-likeness (QED) is 0.123. The van der Waals surface area contributed by atoms with Crippen molar-refractivity contribution in [1.82, 2.24) is 16.1 Å². The van der Waals surface area contributed by atoms with Crippen molar-refractivity contribution < 1.29 is 33.3 Å². The number of hydrazone groups is 1. The highest BCUT2D eigenvalue weighted by atomic mass is 35.5. The molecule has 236 valence electrons. The van der Waals surface area contributed by atoms with E-state index in [0.29, 0.717) is 37.6 Å². The second-order valence-corrected chi connectivity index (χ2v) is 10.8. The lowest BCUT2D eigenvalue weighted by Crippen LogP contribution is -2.45. The largest absolute Gasteiger partial charge is 0.493 e. The highest BCUT2D eigenvalue weighted by molar-refractivity contribution is 6.42. The van der Waals surface area contributed by atoms with Gasteiger partial charge in [0.25, 0.3) is 5.91 Å². The molecule has 0 fully saturated rings. The van der Waals surface area contributed by atoms with Gasteiger partial charge >= 0.3 is 12.0 Å². The number of ether oxygens (including phenoxy) is 4. The maximum atomic E-state index is 12.6. The van der Waals surface area contributed by atoms with Gasteiger partial charge in [-0.2, -0.15) is 5.10 Å². The lowest BCUT2D eigenvalue weighted by atomic mass is 9.95. The average Bonchev–Trinajstić information content (AvgIpc) is 3.00. The van der Waals surface area contributed by atoms with Crippen LogP contribution in [0.3, 0.4) is 0 Å². The third kappa shape index (κ3) is 8.81. The van der Waals surface area contributed by atoms with Crippen LogP contribution in [0.1, 0.15) is 36.6 Å². The second kappa shape index (κ2) is 15.5. The molecule has 1 heterocycles. The Balaban J connectivity index is 1.39. The van der Waals surface area contributed by atoms with Gasteiger partial charge in [0, 0.05) is 16.3 Å². The molecule has 0 bridgehead atoms. The van der Waals surface area contributed by atoms with E-state index >= 15 is 0 Å². The minimum Gasteiger partial charge on any atom is -0.493 e. The van der Waals surface area contributed by atoms with E-state index in [1.807, 2.05) is 0 Å². The molecule has 0 aliphatic carbocycles. The molecule has 45 heavy (non-hydrogen) atoms. The molecule has 0 aromatic heterocycles. The summed E-state index contributed by atoms with van der Waals surface area (Å²) in [6.07, 6.45) is 1.40. The molecule has 3 aromatic rings. The van der Waals surface area contributed by atoms with E-state index < -0.39 is 23.9 Å². The highest BCUT2D eigenvalue weighted by Gasteiger charge is 2.32. The van der Waals surface area contributed by atoms with Crippen LogP contribution in [0.4, 0.5) is 4.79 Å².